The Bertz CT molecular complexity index is 644. The molecule has 17 heavy (non-hydrogen) atoms. The molecule has 0 saturated carbocycles. The third-order valence-corrected chi connectivity index (χ3v) is 2.81. The van der Waals surface area contributed by atoms with Gasteiger partial charge < -0.3 is 4.74 Å². The van der Waals surface area contributed by atoms with Crippen LogP contribution in [0.15, 0.2) is 83.7 Å². The summed E-state index contributed by atoms with van der Waals surface area (Å²) >= 11 is 0. The molecule has 0 fully saturated rings. The Morgan fingerprint density at radius 1 is 1.00 bits per heavy atom. The van der Waals surface area contributed by atoms with Crippen molar-refractivity contribution in [3.8, 4) is 0 Å². The van der Waals surface area contributed by atoms with Gasteiger partial charge in [-0.25, -0.2) is 0 Å². The van der Waals surface area contributed by atoms with E-state index in [9.17, 15) is 0 Å². The van der Waals surface area contributed by atoms with E-state index >= 15 is 0 Å². The quantitative estimate of drug-likeness (QED) is 0.652. The molecule has 0 unspecified atom stereocenters. The number of allylic oxidation sites excluding steroid dienone is 5. The fraction of sp³-hybridized carbons (Fsp3) is 0. The van der Waals surface area contributed by atoms with E-state index in [2.05, 4.69) is 18.0 Å². The zero-order valence-electron chi connectivity index (χ0n) is 9.23. The molecule has 0 radical (unpaired) electrons. The predicted octanol–water partition coefficient (Wildman–Crippen LogP) is 3.75. The third-order valence-electron chi connectivity index (χ3n) is 2.81. The van der Waals surface area contributed by atoms with Crippen molar-refractivity contribution in [3.05, 3.63) is 89.3 Å². The lowest BCUT2D eigenvalue weighted by Gasteiger charge is -2.20. The largest absolute Gasteiger partial charge is 0.463 e. The number of hydrogen-bond acceptors (Lipinski definition) is 1. The molecule has 0 amide bonds. The molecule has 1 nitrogen and oxygen atoms in total. The Labute approximate surface area is 100 Å². The lowest BCUT2D eigenvalue weighted by atomic mass is 9.91. The number of benzene rings is 1. The molecule has 1 aromatic carbocycles. The number of hydrogen-bond donors (Lipinski definition) is 0. The smallest absolute Gasteiger partial charge is 0.143 e. The van der Waals surface area contributed by atoms with Crippen LogP contribution in [0, 0.1) is 0 Å². The summed E-state index contributed by atoms with van der Waals surface area (Å²) in [6.45, 7) is 4.13. The molecular weight excluding hydrogens is 208 g/mol. The first-order valence-corrected chi connectivity index (χ1v) is 5.40. The Morgan fingerprint density at radius 3 is 2.59 bits per heavy atom. The van der Waals surface area contributed by atoms with Crippen molar-refractivity contribution in [2.75, 3.05) is 0 Å². The molecule has 0 bridgehead atoms. The monoisotopic (exact) mass is 218 g/mol. The van der Waals surface area contributed by atoms with Crippen LogP contribution in [-0.2, 0) is 4.74 Å². The highest BCUT2D eigenvalue weighted by atomic mass is 16.5. The van der Waals surface area contributed by atoms with Crippen LogP contribution in [-0.4, -0.2) is 0 Å². The maximum absolute atomic E-state index is 5.59. The van der Waals surface area contributed by atoms with Crippen LogP contribution in [0.5, 0.6) is 0 Å². The Kier molecular flexibility index (Phi) is 2.20. The van der Waals surface area contributed by atoms with E-state index in [-0.39, 0.29) is 0 Å². The molecule has 0 N–H and O–H groups in total. The summed E-state index contributed by atoms with van der Waals surface area (Å²) in [7, 11) is 0. The van der Waals surface area contributed by atoms with E-state index in [4.69, 9.17) is 4.74 Å². The molecule has 0 aromatic heterocycles. The average molecular weight is 218 g/mol. The zero-order chi connectivity index (χ0) is 11.7. The minimum absolute atomic E-state index is 0.786. The van der Waals surface area contributed by atoms with Gasteiger partial charge >= 0.3 is 0 Å². The molecule has 0 spiro atoms. The first-order chi connectivity index (χ1) is 8.36. The molecule has 0 saturated heterocycles. The maximum atomic E-state index is 5.59. The summed E-state index contributed by atoms with van der Waals surface area (Å²) in [6.07, 6.45) is 5.38. The fourth-order valence-corrected chi connectivity index (χ4v) is 1.90. The zero-order valence-corrected chi connectivity index (χ0v) is 9.23. The molecule has 3 rings (SSSR count). The molecule has 80 valence electrons. The molecule has 1 aliphatic heterocycles. The van der Waals surface area contributed by atoms with Gasteiger partial charge in [-0.15, -0.1) is 0 Å². The standard InChI is InChI=1S/C16H10O/c1-12-14-9-5-6-10-16(14)17-11-15(12)13-7-3-2-4-8-13/h2-4,7-11H,1H2. The lowest BCUT2D eigenvalue weighted by Crippen LogP contribution is -2.03. The first kappa shape index (κ1) is 9.74. The summed E-state index contributed by atoms with van der Waals surface area (Å²) in [5.74, 6) is 0.786. The summed E-state index contributed by atoms with van der Waals surface area (Å²) in [4.78, 5) is 0. The SMILES string of the molecule is C=C1C(c2ccccc2)=COC2=C1C=C=C=C2. The molecule has 1 heterocycles. The van der Waals surface area contributed by atoms with Gasteiger partial charge in [0.1, 0.15) is 5.76 Å². The minimum Gasteiger partial charge on any atom is -0.463 e. The number of rotatable bonds is 1. The highest BCUT2D eigenvalue weighted by molar-refractivity contribution is 5.85. The highest BCUT2D eigenvalue weighted by Gasteiger charge is 2.18. The van der Waals surface area contributed by atoms with Crippen LogP contribution >= 0.6 is 0 Å². The maximum Gasteiger partial charge on any atom is 0.143 e. The van der Waals surface area contributed by atoms with Gasteiger partial charge in [-0.1, -0.05) is 48.4 Å². The third kappa shape index (κ3) is 1.60. The summed E-state index contributed by atoms with van der Waals surface area (Å²) in [5.41, 5.74) is 9.86. The van der Waals surface area contributed by atoms with Gasteiger partial charge in [-0.05, 0) is 11.1 Å². The van der Waals surface area contributed by atoms with Gasteiger partial charge in [0.15, 0.2) is 0 Å². The second-order valence-electron chi connectivity index (χ2n) is 3.85. The van der Waals surface area contributed by atoms with Crippen molar-refractivity contribution < 1.29 is 4.74 Å². The summed E-state index contributed by atoms with van der Waals surface area (Å²) in [6, 6.07) is 10.1. The average Bonchev–Trinajstić information content (AvgIpc) is 2.40. The van der Waals surface area contributed by atoms with Crippen molar-refractivity contribution in [2.24, 2.45) is 0 Å². The Morgan fingerprint density at radius 2 is 1.76 bits per heavy atom. The normalized spacial score (nSPS) is 16.7. The van der Waals surface area contributed by atoms with Gasteiger partial charge in [0.25, 0.3) is 0 Å². The van der Waals surface area contributed by atoms with E-state index < -0.39 is 0 Å². The van der Waals surface area contributed by atoms with Gasteiger partial charge in [0.05, 0.1) is 6.26 Å². The van der Waals surface area contributed by atoms with E-state index in [0.717, 1.165) is 28.0 Å². The second kappa shape index (κ2) is 3.84. The van der Waals surface area contributed by atoms with Crippen molar-refractivity contribution in [1.29, 1.82) is 0 Å². The van der Waals surface area contributed by atoms with E-state index in [1.165, 1.54) is 0 Å². The Hall–Kier alpha value is -2.46. The fourth-order valence-electron chi connectivity index (χ4n) is 1.90. The molecule has 0 atom stereocenters. The van der Waals surface area contributed by atoms with Crippen LogP contribution in [0.1, 0.15) is 5.56 Å². The van der Waals surface area contributed by atoms with Gasteiger partial charge in [-0.3, -0.25) is 0 Å². The number of ether oxygens (including phenoxy) is 1. The van der Waals surface area contributed by atoms with E-state index in [1.54, 1.807) is 12.3 Å². The molecule has 1 heteroatoms. The molecule has 2 aliphatic rings. The van der Waals surface area contributed by atoms with Crippen molar-refractivity contribution >= 4 is 5.57 Å². The molecular formula is C16H10O. The van der Waals surface area contributed by atoms with Crippen LogP contribution in [0.4, 0.5) is 0 Å². The molecule has 1 aromatic rings. The van der Waals surface area contributed by atoms with Crippen LogP contribution in [0.2, 0.25) is 0 Å². The van der Waals surface area contributed by atoms with Crippen molar-refractivity contribution in [3.63, 3.8) is 0 Å². The lowest BCUT2D eigenvalue weighted by molar-refractivity contribution is 0.363. The van der Waals surface area contributed by atoms with Crippen molar-refractivity contribution in [2.45, 2.75) is 0 Å². The molecule has 1 aliphatic carbocycles. The van der Waals surface area contributed by atoms with Crippen LogP contribution < -0.4 is 0 Å². The topological polar surface area (TPSA) is 9.23 Å². The predicted molar refractivity (Wildman–Crippen MR) is 67.8 cm³/mol. The highest BCUT2D eigenvalue weighted by Crippen LogP contribution is 2.35. The van der Waals surface area contributed by atoms with Crippen molar-refractivity contribution in [1.82, 2.24) is 0 Å². The van der Waals surface area contributed by atoms with Gasteiger partial charge in [-0.2, -0.15) is 0 Å². The summed E-state index contributed by atoms with van der Waals surface area (Å²) in [5, 5.41) is 0. The first-order valence-electron chi connectivity index (χ1n) is 5.40. The minimum atomic E-state index is 0.786. The van der Waals surface area contributed by atoms with E-state index in [0.29, 0.717) is 0 Å². The Balaban J connectivity index is 2.03. The van der Waals surface area contributed by atoms with Gasteiger partial charge in [0, 0.05) is 23.3 Å². The van der Waals surface area contributed by atoms with E-state index in [1.807, 2.05) is 36.4 Å². The second-order valence-corrected chi connectivity index (χ2v) is 3.85. The van der Waals surface area contributed by atoms with Crippen LogP contribution in [0.3, 0.4) is 0 Å². The van der Waals surface area contributed by atoms with Crippen LogP contribution in [0.25, 0.3) is 5.57 Å². The van der Waals surface area contributed by atoms with Gasteiger partial charge in [0.2, 0.25) is 0 Å². The summed E-state index contributed by atoms with van der Waals surface area (Å²) < 4.78 is 5.59.